The molecule has 0 spiro atoms. The predicted octanol–water partition coefficient (Wildman–Crippen LogP) is 1.50. The maximum absolute atomic E-state index is 11.3. The number of amides is 1. The van der Waals surface area contributed by atoms with Crippen LogP contribution in [0.5, 0.6) is 0 Å². The molecule has 0 heterocycles. The first-order valence-electron chi connectivity index (χ1n) is 5.38. The van der Waals surface area contributed by atoms with Gasteiger partial charge in [-0.1, -0.05) is 6.92 Å². The molecule has 0 aromatic rings. The third-order valence-corrected chi connectivity index (χ3v) is 3.61. The molecule has 0 unspecified atom stereocenters. The maximum atomic E-state index is 11.3. The zero-order chi connectivity index (χ0) is 11.6. The number of nitrogens with zero attached hydrogens (tertiary/aromatic N) is 1. The lowest BCUT2D eigenvalue weighted by atomic mass is 9.76. The molecule has 4 nitrogen and oxygen atoms in total. The van der Waals surface area contributed by atoms with Crippen LogP contribution in [0.15, 0.2) is 0 Å². The standard InChI is InChI=1S/C11H19NO3/c1-8-4-6-11(7-5-8,10(14)15)12(3)9(2)13/h8H,4-7H2,1-3H3,(H,14,15). The van der Waals surface area contributed by atoms with Crippen molar-refractivity contribution in [1.29, 1.82) is 0 Å². The topological polar surface area (TPSA) is 57.6 Å². The molecule has 0 bridgehead atoms. The van der Waals surface area contributed by atoms with E-state index in [0.29, 0.717) is 18.8 Å². The summed E-state index contributed by atoms with van der Waals surface area (Å²) in [5, 5.41) is 9.30. The smallest absolute Gasteiger partial charge is 0.329 e. The summed E-state index contributed by atoms with van der Waals surface area (Å²) in [7, 11) is 1.59. The minimum atomic E-state index is -0.960. The summed E-state index contributed by atoms with van der Waals surface area (Å²) in [6.07, 6.45) is 2.90. The Morgan fingerprint density at radius 1 is 1.33 bits per heavy atom. The van der Waals surface area contributed by atoms with Gasteiger partial charge in [0.1, 0.15) is 5.54 Å². The van der Waals surface area contributed by atoms with E-state index in [1.165, 1.54) is 11.8 Å². The molecule has 0 saturated heterocycles. The highest BCUT2D eigenvalue weighted by molar-refractivity contribution is 5.86. The van der Waals surface area contributed by atoms with Crippen LogP contribution >= 0.6 is 0 Å². The molecule has 0 radical (unpaired) electrons. The van der Waals surface area contributed by atoms with E-state index in [9.17, 15) is 14.7 Å². The van der Waals surface area contributed by atoms with Crippen LogP contribution in [-0.4, -0.2) is 34.5 Å². The number of hydrogen-bond donors (Lipinski definition) is 1. The summed E-state index contributed by atoms with van der Waals surface area (Å²) in [5.74, 6) is -0.475. The van der Waals surface area contributed by atoms with Gasteiger partial charge in [-0.25, -0.2) is 4.79 Å². The number of likely N-dealkylation sites (N-methyl/N-ethyl adjacent to an activating group) is 1. The molecule has 1 amide bonds. The van der Waals surface area contributed by atoms with Crippen LogP contribution in [0, 0.1) is 5.92 Å². The van der Waals surface area contributed by atoms with Crippen molar-refractivity contribution in [2.75, 3.05) is 7.05 Å². The molecule has 0 aromatic heterocycles. The van der Waals surface area contributed by atoms with E-state index < -0.39 is 11.5 Å². The second kappa shape index (κ2) is 4.21. The van der Waals surface area contributed by atoms with Crippen LogP contribution in [0.4, 0.5) is 0 Å². The number of hydrogen-bond acceptors (Lipinski definition) is 2. The monoisotopic (exact) mass is 213 g/mol. The molecular formula is C11H19NO3. The highest BCUT2D eigenvalue weighted by Crippen LogP contribution is 2.36. The van der Waals surface area contributed by atoms with E-state index in [2.05, 4.69) is 6.92 Å². The van der Waals surface area contributed by atoms with Crippen LogP contribution in [0.3, 0.4) is 0 Å². The number of carboxylic acid groups (broad SMARTS) is 1. The molecule has 4 heteroatoms. The van der Waals surface area contributed by atoms with Crippen LogP contribution < -0.4 is 0 Å². The third-order valence-electron chi connectivity index (χ3n) is 3.61. The summed E-state index contributed by atoms with van der Waals surface area (Å²) in [4.78, 5) is 24.0. The minimum absolute atomic E-state index is 0.174. The fraction of sp³-hybridized carbons (Fsp3) is 0.818. The largest absolute Gasteiger partial charge is 0.479 e. The molecule has 0 aliphatic heterocycles. The lowest BCUT2D eigenvalue weighted by Gasteiger charge is -2.42. The summed E-state index contributed by atoms with van der Waals surface area (Å²) in [6, 6.07) is 0. The Hall–Kier alpha value is -1.06. The number of aliphatic carboxylic acids is 1. The highest BCUT2D eigenvalue weighted by atomic mass is 16.4. The lowest BCUT2D eigenvalue weighted by molar-refractivity contribution is -0.160. The SMILES string of the molecule is CC(=O)N(C)C1(C(=O)O)CCC(C)CC1. The molecule has 86 valence electrons. The molecule has 1 aliphatic rings. The Balaban J connectivity index is 2.89. The normalized spacial score (nSPS) is 31.0. The van der Waals surface area contributed by atoms with E-state index >= 15 is 0 Å². The average Bonchev–Trinajstić information content (AvgIpc) is 2.17. The van der Waals surface area contributed by atoms with Crippen LogP contribution in [0.1, 0.15) is 39.5 Å². The first-order valence-corrected chi connectivity index (χ1v) is 5.38. The van der Waals surface area contributed by atoms with E-state index in [0.717, 1.165) is 12.8 Å². The van der Waals surface area contributed by atoms with E-state index in [1.807, 2.05) is 0 Å². The molecule has 0 atom stereocenters. The van der Waals surface area contributed by atoms with Crippen molar-refractivity contribution in [3.8, 4) is 0 Å². The minimum Gasteiger partial charge on any atom is -0.479 e. The summed E-state index contributed by atoms with van der Waals surface area (Å²) in [5.41, 5.74) is -0.960. The van der Waals surface area contributed by atoms with Crippen molar-refractivity contribution in [2.24, 2.45) is 5.92 Å². The Kier molecular flexibility index (Phi) is 3.37. The van der Waals surface area contributed by atoms with Crippen molar-refractivity contribution in [1.82, 2.24) is 4.90 Å². The van der Waals surface area contributed by atoms with Gasteiger partial charge in [0.05, 0.1) is 0 Å². The van der Waals surface area contributed by atoms with Crippen molar-refractivity contribution in [3.63, 3.8) is 0 Å². The van der Waals surface area contributed by atoms with Gasteiger partial charge in [0.2, 0.25) is 5.91 Å². The van der Waals surface area contributed by atoms with Crippen molar-refractivity contribution < 1.29 is 14.7 Å². The summed E-state index contributed by atoms with van der Waals surface area (Å²) >= 11 is 0. The number of carboxylic acids is 1. The molecule has 0 aromatic carbocycles. The Morgan fingerprint density at radius 2 is 1.80 bits per heavy atom. The van der Waals surface area contributed by atoms with Gasteiger partial charge in [0.15, 0.2) is 0 Å². The van der Waals surface area contributed by atoms with Gasteiger partial charge in [-0.2, -0.15) is 0 Å². The average molecular weight is 213 g/mol. The number of carbonyl (C=O) groups excluding carboxylic acids is 1. The lowest BCUT2D eigenvalue weighted by Crippen LogP contribution is -2.56. The predicted molar refractivity (Wildman–Crippen MR) is 56.4 cm³/mol. The van der Waals surface area contributed by atoms with Gasteiger partial charge in [0.25, 0.3) is 0 Å². The second-order valence-corrected chi connectivity index (χ2v) is 4.60. The zero-order valence-electron chi connectivity index (χ0n) is 9.62. The second-order valence-electron chi connectivity index (χ2n) is 4.60. The van der Waals surface area contributed by atoms with E-state index in [1.54, 1.807) is 7.05 Å². The van der Waals surface area contributed by atoms with Gasteiger partial charge >= 0.3 is 5.97 Å². The molecule has 1 N–H and O–H groups in total. The molecule has 1 aliphatic carbocycles. The fourth-order valence-corrected chi connectivity index (χ4v) is 2.23. The fourth-order valence-electron chi connectivity index (χ4n) is 2.23. The summed E-state index contributed by atoms with van der Waals surface area (Å²) < 4.78 is 0. The molecule has 1 saturated carbocycles. The van der Waals surface area contributed by atoms with Gasteiger partial charge in [-0.15, -0.1) is 0 Å². The van der Waals surface area contributed by atoms with Gasteiger partial charge in [0, 0.05) is 14.0 Å². The first kappa shape index (κ1) is 12.0. The first-order chi connectivity index (χ1) is 6.90. The van der Waals surface area contributed by atoms with Gasteiger partial charge in [-0.3, -0.25) is 4.79 Å². The Morgan fingerprint density at radius 3 is 2.13 bits per heavy atom. The Labute approximate surface area is 90.3 Å². The zero-order valence-corrected chi connectivity index (χ0v) is 9.62. The highest BCUT2D eigenvalue weighted by Gasteiger charge is 2.45. The quantitative estimate of drug-likeness (QED) is 0.756. The molecule has 15 heavy (non-hydrogen) atoms. The number of rotatable bonds is 2. The maximum Gasteiger partial charge on any atom is 0.329 e. The van der Waals surface area contributed by atoms with Gasteiger partial charge < -0.3 is 10.0 Å². The number of carbonyl (C=O) groups is 2. The Bertz CT molecular complexity index is 267. The third kappa shape index (κ3) is 2.13. The molecule has 1 rings (SSSR count). The van der Waals surface area contributed by atoms with Crippen molar-refractivity contribution >= 4 is 11.9 Å². The van der Waals surface area contributed by atoms with Crippen LogP contribution in [-0.2, 0) is 9.59 Å². The van der Waals surface area contributed by atoms with Crippen LogP contribution in [0.2, 0.25) is 0 Å². The van der Waals surface area contributed by atoms with Crippen molar-refractivity contribution in [2.45, 2.75) is 45.1 Å². The van der Waals surface area contributed by atoms with Gasteiger partial charge in [-0.05, 0) is 31.6 Å². The summed E-state index contributed by atoms with van der Waals surface area (Å²) in [6.45, 7) is 3.54. The van der Waals surface area contributed by atoms with Crippen molar-refractivity contribution in [3.05, 3.63) is 0 Å². The van der Waals surface area contributed by atoms with E-state index in [4.69, 9.17) is 0 Å². The van der Waals surface area contributed by atoms with E-state index in [-0.39, 0.29) is 5.91 Å². The van der Waals surface area contributed by atoms with Crippen LogP contribution in [0.25, 0.3) is 0 Å². The molecule has 1 fully saturated rings. The molecular weight excluding hydrogens is 194 g/mol.